The molecule has 0 aliphatic heterocycles. The Morgan fingerprint density at radius 2 is 1.94 bits per heavy atom. The molecular formula is C14H12BrNO2. The summed E-state index contributed by atoms with van der Waals surface area (Å²) in [5, 5.41) is 12.1. The number of hydrogen-bond acceptors (Lipinski definition) is 2. The molecule has 0 unspecified atom stereocenters. The molecule has 0 spiro atoms. The van der Waals surface area contributed by atoms with Crippen LogP contribution in [0.1, 0.15) is 15.9 Å². The highest BCUT2D eigenvalue weighted by atomic mass is 79.9. The first-order chi connectivity index (χ1) is 8.65. The highest BCUT2D eigenvalue weighted by Crippen LogP contribution is 2.13. The second-order valence-corrected chi connectivity index (χ2v) is 4.78. The van der Waals surface area contributed by atoms with Gasteiger partial charge >= 0.3 is 0 Å². The Balaban J connectivity index is 2.00. The molecule has 0 atom stereocenters. The summed E-state index contributed by atoms with van der Waals surface area (Å²) in [5.41, 5.74) is 1.46. The molecule has 0 bridgehead atoms. The summed E-state index contributed by atoms with van der Waals surface area (Å²) in [4.78, 5) is 11.8. The quantitative estimate of drug-likeness (QED) is 0.915. The molecule has 0 heterocycles. The van der Waals surface area contributed by atoms with Crippen LogP contribution in [0.15, 0.2) is 53.0 Å². The van der Waals surface area contributed by atoms with Crippen molar-refractivity contribution in [1.29, 1.82) is 0 Å². The predicted octanol–water partition coefficient (Wildman–Crippen LogP) is 3.08. The molecule has 0 radical (unpaired) electrons. The maximum absolute atomic E-state index is 11.8. The van der Waals surface area contributed by atoms with E-state index in [9.17, 15) is 9.90 Å². The topological polar surface area (TPSA) is 49.3 Å². The van der Waals surface area contributed by atoms with Crippen molar-refractivity contribution in [2.24, 2.45) is 0 Å². The highest BCUT2D eigenvalue weighted by Gasteiger charge is 2.05. The first kappa shape index (κ1) is 12.6. The summed E-state index contributed by atoms with van der Waals surface area (Å²) in [7, 11) is 0. The maximum Gasteiger partial charge on any atom is 0.251 e. The van der Waals surface area contributed by atoms with Gasteiger partial charge in [-0.3, -0.25) is 4.79 Å². The molecule has 2 rings (SSSR count). The number of rotatable bonds is 3. The Bertz CT molecular complexity index is 569. The number of benzene rings is 2. The largest absolute Gasteiger partial charge is 0.508 e. The third kappa shape index (κ3) is 3.34. The van der Waals surface area contributed by atoms with Gasteiger partial charge in [-0.25, -0.2) is 0 Å². The van der Waals surface area contributed by atoms with Crippen molar-refractivity contribution in [3.63, 3.8) is 0 Å². The van der Waals surface area contributed by atoms with E-state index >= 15 is 0 Å². The minimum absolute atomic E-state index is 0.0881. The number of aromatic hydroxyl groups is 1. The Labute approximate surface area is 114 Å². The van der Waals surface area contributed by atoms with Crippen LogP contribution in [0.3, 0.4) is 0 Å². The van der Waals surface area contributed by atoms with Crippen molar-refractivity contribution in [2.45, 2.75) is 6.54 Å². The van der Waals surface area contributed by atoms with Gasteiger partial charge in [-0.15, -0.1) is 0 Å². The average Bonchev–Trinajstić information content (AvgIpc) is 2.36. The summed E-state index contributed by atoms with van der Waals surface area (Å²) >= 11 is 3.38. The molecule has 4 heteroatoms. The second kappa shape index (κ2) is 5.69. The van der Waals surface area contributed by atoms with Crippen molar-refractivity contribution < 1.29 is 9.90 Å². The second-order valence-electron chi connectivity index (χ2n) is 3.86. The monoisotopic (exact) mass is 305 g/mol. The Morgan fingerprint density at radius 1 is 1.17 bits per heavy atom. The number of carbonyl (C=O) groups excluding carboxylic acids is 1. The van der Waals surface area contributed by atoms with Crippen LogP contribution in [0.4, 0.5) is 0 Å². The smallest absolute Gasteiger partial charge is 0.251 e. The van der Waals surface area contributed by atoms with E-state index in [1.165, 1.54) is 12.1 Å². The van der Waals surface area contributed by atoms with Crippen LogP contribution in [-0.4, -0.2) is 11.0 Å². The third-order valence-corrected chi connectivity index (χ3v) is 2.94. The van der Waals surface area contributed by atoms with Crippen molar-refractivity contribution >= 4 is 21.8 Å². The summed E-state index contributed by atoms with van der Waals surface area (Å²) in [5.74, 6) is -0.115. The van der Waals surface area contributed by atoms with Crippen LogP contribution in [0.5, 0.6) is 5.75 Å². The van der Waals surface area contributed by atoms with E-state index in [1.807, 2.05) is 24.3 Å². The molecule has 0 aliphatic carbocycles. The zero-order valence-electron chi connectivity index (χ0n) is 9.56. The van der Waals surface area contributed by atoms with Gasteiger partial charge in [0.15, 0.2) is 0 Å². The van der Waals surface area contributed by atoms with Gasteiger partial charge in [0.2, 0.25) is 0 Å². The molecule has 0 fully saturated rings. The molecule has 0 saturated heterocycles. The van der Waals surface area contributed by atoms with Crippen LogP contribution in [0.2, 0.25) is 0 Å². The van der Waals surface area contributed by atoms with Gasteiger partial charge in [0.05, 0.1) is 0 Å². The number of carbonyl (C=O) groups is 1. The summed E-state index contributed by atoms with van der Waals surface area (Å²) < 4.78 is 0.978. The number of amides is 1. The van der Waals surface area contributed by atoms with Crippen molar-refractivity contribution in [2.75, 3.05) is 0 Å². The predicted molar refractivity (Wildman–Crippen MR) is 73.4 cm³/mol. The van der Waals surface area contributed by atoms with Gasteiger partial charge < -0.3 is 10.4 Å². The van der Waals surface area contributed by atoms with E-state index < -0.39 is 0 Å². The zero-order valence-corrected chi connectivity index (χ0v) is 11.1. The highest BCUT2D eigenvalue weighted by molar-refractivity contribution is 9.10. The van der Waals surface area contributed by atoms with Crippen LogP contribution in [0.25, 0.3) is 0 Å². The van der Waals surface area contributed by atoms with Crippen LogP contribution in [-0.2, 0) is 6.54 Å². The van der Waals surface area contributed by atoms with Gasteiger partial charge in [0, 0.05) is 16.6 Å². The summed E-state index contributed by atoms with van der Waals surface area (Å²) in [6.45, 7) is 0.452. The fraction of sp³-hybridized carbons (Fsp3) is 0.0714. The van der Waals surface area contributed by atoms with E-state index in [1.54, 1.807) is 12.1 Å². The number of hydrogen-bond donors (Lipinski definition) is 2. The van der Waals surface area contributed by atoms with Crippen molar-refractivity contribution in [3.05, 3.63) is 64.1 Å². The molecule has 2 aromatic rings. The van der Waals surface area contributed by atoms with E-state index in [-0.39, 0.29) is 11.7 Å². The van der Waals surface area contributed by atoms with Gasteiger partial charge in [0.1, 0.15) is 5.75 Å². The molecule has 2 aromatic carbocycles. The minimum Gasteiger partial charge on any atom is -0.508 e. The van der Waals surface area contributed by atoms with E-state index in [0.717, 1.165) is 10.0 Å². The fourth-order valence-corrected chi connectivity index (χ4v) is 2.03. The Morgan fingerprint density at radius 3 is 2.67 bits per heavy atom. The molecule has 2 N–H and O–H groups in total. The molecule has 0 aromatic heterocycles. The molecule has 0 aliphatic rings. The lowest BCUT2D eigenvalue weighted by atomic mass is 10.2. The van der Waals surface area contributed by atoms with E-state index in [4.69, 9.17) is 0 Å². The van der Waals surface area contributed by atoms with Gasteiger partial charge in [-0.05, 0) is 35.9 Å². The van der Waals surface area contributed by atoms with Crippen LogP contribution < -0.4 is 5.32 Å². The normalized spacial score (nSPS) is 10.1. The molecule has 3 nitrogen and oxygen atoms in total. The SMILES string of the molecule is O=C(NCc1cccc(Br)c1)c1cccc(O)c1. The molecule has 18 heavy (non-hydrogen) atoms. The number of halogens is 1. The number of nitrogens with one attached hydrogen (secondary N) is 1. The van der Waals surface area contributed by atoms with Crippen molar-refractivity contribution in [1.82, 2.24) is 5.32 Å². The third-order valence-electron chi connectivity index (χ3n) is 2.45. The van der Waals surface area contributed by atoms with Gasteiger partial charge in [-0.2, -0.15) is 0 Å². The Kier molecular flexibility index (Phi) is 3.99. The molecular weight excluding hydrogens is 294 g/mol. The molecule has 92 valence electrons. The van der Waals surface area contributed by atoms with E-state index in [2.05, 4.69) is 21.2 Å². The lowest BCUT2D eigenvalue weighted by Crippen LogP contribution is -2.22. The molecule has 1 amide bonds. The first-order valence-electron chi connectivity index (χ1n) is 5.47. The lowest BCUT2D eigenvalue weighted by molar-refractivity contribution is 0.0950. The van der Waals surface area contributed by atoms with Gasteiger partial charge in [-0.1, -0.05) is 34.1 Å². The molecule has 0 saturated carbocycles. The average molecular weight is 306 g/mol. The number of phenolic OH excluding ortho intramolecular Hbond substituents is 1. The maximum atomic E-state index is 11.8. The van der Waals surface area contributed by atoms with Crippen LogP contribution in [0, 0.1) is 0 Å². The lowest BCUT2D eigenvalue weighted by Gasteiger charge is -2.06. The van der Waals surface area contributed by atoms with Crippen LogP contribution >= 0.6 is 15.9 Å². The zero-order chi connectivity index (χ0) is 13.0. The first-order valence-corrected chi connectivity index (χ1v) is 6.26. The summed E-state index contributed by atoms with van der Waals surface area (Å²) in [6.07, 6.45) is 0. The Hall–Kier alpha value is -1.81. The number of phenols is 1. The minimum atomic E-state index is -0.203. The van der Waals surface area contributed by atoms with Crippen molar-refractivity contribution in [3.8, 4) is 5.75 Å². The van der Waals surface area contributed by atoms with E-state index in [0.29, 0.717) is 12.1 Å². The van der Waals surface area contributed by atoms with Gasteiger partial charge in [0.25, 0.3) is 5.91 Å². The standard InChI is InChI=1S/C14H12BrNO2/c15-12-5-1-3-10(7-12)9-16-14(18)11-4-2-6-13(17)8-11/h1-8,17H,9H2,(H,16,18). The fourth-order valence-electron chi connectivity index (χ4n) is 1.58. The summed E-state index contributed by atoms with van der Waals surface area (Å²) in [6, 6.07) is 14.0.